The Balaban J connectivity index is 1.65. The van der Waals surface area contributed by atoms with Crippen molar-refractivity contribution in [3.8, 4) is 0 Å². The molecule has 2 fully saturated rings. The van der Waals surface area contributed by atoms with Gasteiger partial charge in [-0.3, -0.25) is 4.90 Å². The predicted octanol–water partition coefficient (Wildman–Crippen LogP) is 3.18. The summed E-state index contributed by atoms with van der Waals surface area (Å²) in [7, 11) is 0. The van der Waals surface area contributed by atoms with Gasteiger partial charge in [0.2, 0.25) is 0 Å². The zero-order chi connectivity index (χ0) is 13.8. The predicted molar refractivity (Wildman–Crippen MR) is 80.0 cm³/mol. The van der Waals surface area contributed by atoms with Gasteiger partial charge in [-0.25, -0.2) is 4.39 Å². The highest BCUT2D eigenvalue weighted by atomic mass is 19.1. The number of hydrogen-bond donors (Lipinski definition) is 1. The van der Waals surface area contributed by atoms with Gasteiger partial charge >= 0.3 is 0 Å². The van der Waals surface area contributed by atoms with E-state index in [1.807, 2.05) is 12.1 Å². The number of hydrogen-bond acceptors (Lipinski definition) is 2. The highest BCUT2D eigenvalue weighted by molar-refractivity contribution is 5.16. The van der Waals surface area contributed by atoms with E-state index >= 15 is 0 Å². The second-order valence-corrected chi connectivity index (χ2v) is 6.37. The third-order valence-electron chi connectivity index (χ3n) is 4.75. The molecule has 0 unspecified atom stereocenters. The van der Waals surface area contributed by atoms with Crippen LogP contribution in [0.5, 0.6) is 0 Å². The summed E-state index contributed by atoms with van der Waals surface area (Å²) < 4.78 is 13.0. The van der Waals surface area contributed by atoms with Crippen LogP contribution in [-0.2, 0) is 6.54 Å². The number of rotatable bonds is 5. The fourth-order valence-corrected chi connectivity index (χ4v) is 3.42. The van der Waals surface area contributed by atoms with Gasteiger partial charge in [-0.05, 0) is 36.5 Å². The first-order chi connectivity index (χ1) is 9.81. The van der Waals surface area contributed by atoms with Gasteiger partial charge in [-0.2, -0.15) is 0 Å². The molecule has 1 saturated carbocycles. The van der Waals surface area contributed by atoms with Crippen LogP contribution in [0.3, 0.4) is 0 Å². The molecule has 1 aliphatic carbocycles. The summed E-state index contributed by atoms with van der Waals surface area (Å²) in [4.78, 5) is 2.65. The summed E-state index contributed by atoms with van der Waals surface area (Å²) in [5.41, 5.74) is 1.24. The zero-order valence-electron chi connectivity index (χ0n) is 12.2. The van der Waals surface area contributed by atoms with Gasteiger partial charge in [0, 0.05) is 32.2 Å². The van der Waals surface area contributed by atoms with Crippen molar-refractivity contribution in [3.63, 3.8) is 0 Å². The average molecular weight is 276 g/mol. The Hall–Kier alpha value is -0.930. The molecule has 0 spiro atoms. The Morgan fingerprint density at radius 3 is 2.35 bits per heavy atom. The highest BCUT2D eigenvalue weighted by Gasteiger charge is 2.26. The fraction of sp³-hybridized carbons (Fsp3) is 0.647. The van der Waals surface area contributed by atoms with E-state index in [1.54, 1.807) is 12.1 Å². The minimum Gasteiger partial charge on any atom is -0.316 e. The SMILES string of the molecule is Fc1ccc(CN(CC2CNC2)C2CCCCC2)cc1. The molecule has 0 atom stereocenters. The Kier molecular flexibility index (Phi) is 4.69. The van der Waals surface area contributed by atoms with Crippen LogP contribution < -0.4 is 5.32 Å². The van der Waals surface area contributed by atoms with Crippen molar-refractivity contribution in [2.75, 3.05) is 19.6 Å². The van der Waals surface area contributed by atoms with Crippen LogP contribution in [0.1, 0.15) is 37.7 Å². The lowest BCUT2D eigenvalue weighted by atomic mass is 9.92. The van der Waals surface area contributed by atoms with Crippen LogP contribution in [0.25, 0.3) is 0 Å². The molecule has 2 aliphatic rings. The molecule has 2 nitrogen and oxygen atoms in total. The molecule has 1 aliphatic heterocycles. The molecule has 1 N–H and O–H groups in total. The van der Waals surface area contributed by atoms with E-state index in [4.69, 9.17) is 0 Å². The molecule has 0 aromatic heterocycles. The van der Waals surface area contributed by atoms with Crippen molar-refractivity contribution < 1.29 is 4.39 Å². The quantitative estimate of drug-likeness (QED) is 0.888. The molecule has 1 aromatic rings. The largest absolute Gasteiger partial charge is 0.316 e. The van der Waals surface area contributed by atoms with Crippen molar-refractivity contribution in [1.29, 1.82) is 0 Å². The van der Waals surface area contributed by atoms with Gasteiger partial charge in [0.1, 0.15) is 5.82 Å². The average Bonchev–Trinajstić information content (AvgIpc) is 2.44. The summed E-state index contributed by atoms with van der Waals surface area (Å²) in [6.45, 7) is 4.48. The molecule has 0 amide bonds. The van der Waals surface area contributed by atoms with Crippen LogP contribution in [-0.4, -0.2) is 30.6 Å². The summed E-state index contributed by atoms with van der Waals surface area (Å²) >= 11 is 0. The summed E-state index contributed by atoms with van der Waals surface area (Å²) in [5, 5.41) is 3.36. The van der Waals surface area contributed by atoms with E-state index in [2.05, 4.69) is 10.2 Å². The normalized spacial score (nSPS) is 21.1. The second-order valence-electron chi connectivity index (χ2n) is 6.37. The lowest BCUT2D eigenvalue weighted by Gasteiger charge is -2.39. The zero-order valence-corrected chi connectivity index (χ0v) is 12.2. The molecule has 3 rings (SSSR count). The molecule has 1 aromatic carbocycles. The van der Waals surface area contributed by atoms with Gasteiger partial charge in [0.05, 0.1) is 0 Å². The van der Waals surface area contributed by atoms with E-state index < -0.39 is 0 Å². The third-order valence-corrected chi connectivity index (χ3v) is 4.75. The minimum atomic E-state index is -0.138. The number of nitrogens with one attached hydrogen (secondary N) is 1. The molecule has 0 radical (unpaired) electrons. The number of benzene rings is 1. The first-order valence-electron chi connectivity index (χ1n) is 8.00. The van der Waals surface area contributed by atoms with Crippen molar-refractivity contribution in [2.45, 2.75) is 44.7 Å². The fourth-order valence-electron chi connectivity index (χ4n) is 3.42. The summed E-state index contributed by atoms with van der Waals surface area (Å²) in [5.74, 6) is 0.665. The van der Waals surface area contributed by atoms with Gasteiger partial charge in [-0.1, -0.05) is 31.4 Å². The molecule has 3 heteroatoms. The van der Waals surface area contributed by atoms with Crippen LogP contribution >= 0.6 is 0 Å². The molecule has 0 bridgehead atoms. The maximum Gasteiger partial charge on any atom is 0.123 e. The van der Waals surface area contributed by atoms with E-state index in [1.165, 1.54) is 44.2 Å². The Morgan fingerprint density at radius 1 is 1.05 bits per heavy atom. The van der Waals surface area contributed by atoms with Crippen molar-refractivity contribution in [1.82, 2.24) is 10.2 Å². The first kappa shape index (κ1) is 14.0. The topological polar surface area (TPSA) is 15.3 Å². The molecule has 110 valence electrons. The lowest BCUT2D eigenvalue weighted by Crippen LogP contribution is -2.50. The summed E-state index contributed by atoms with van der Waals surface area (Å²) in [6, 6.07) is 7.77. The third kappa shape index (κ3) is 3.58. The monoisotopic (exact) mass is 276 g/mol. The number of halogens is 1. The van der Waals surface area contributed by atoms with Crippen molar-refractivity contribution in [2.24, 2.45) is 5.92 Å². The lowest BCUT2D eigenvalue weighted by molar-refractivity contribution is 0.109. The maximum absolute atomic E-state index is 13.0. The Bertz CT molecular complexity index is 408. The second kappa shape index (κ2) is 6.68. The first-order valence-corrected chi connectivity index (χ1v) is 8.00. The maximum atomic E-state index is 13.0. The van der Waals surface area contributed by atoms with Gasteiger partial charge < -0.3 is 5.32 Å². The van der Waals surface area contributed by atoms with Crippen LogP contribution in [0.2, 0.25) is 0 Å². The van der Waals surface area contributed by atoms with E-state index in [-0.39, 0.29) is 5.82 Å². The van der Waals surface area contributed by atoms with Gasteiger partial charge in [-0.15, -0.1) is 0 Å². The van der Waals surface area contributed by atoms with Crippen LogP contribution in [0.4, 0.5) is 4.39 Å². The van der Waals surface area contributed by atoms with Crippen LogP contribution in [0.15, 0.2) is 24.3 Å². The van der Waals surface area contributed by atoms with E-state index in [0.29, 0.717) is 0 Å². The van der Waals surface area contributed by atoms with Crippen LogP contribution in [0, 0.1) is 11.7 Å². The molecular weight excluding hydrogens is 251 g/mol. The molecule has 1 heterocycles. The Labute approximate surface area is 121 Å². The molecule has 20 heavy (non-hydrogen) atoms. The minimum absolute atomic E-state index is 0.138. The highest BCUT2D eigenvalue weighted by Crippen LogP contribution is 2.25. The van der Waals surface area contributed by atoms with Crippen molar-refractivity contribution in [3.05, 3.63) is 35.6 Å². The molecule has 1 saturated heterocycles. The Morgan fingerprint density at radius 2 is 1.75 bits per heavy atom. The van der Waals surface area contributed by atoms with Crippen molar-refractivity contribution >= 4 is 0 Å². The van der Waals surface area contributed by atoms with E-state index in [0.717, 1.165) is 31.6 Å². The standard InChI is InChI=1S/C17H25FN2/c18-16-8-6-14(7-9-16)12-20(13-15-10-19-11-15)17-4-2-1-3-5-17/h6-9,15,17,19H,1-5,10-13H2. The van der Waals surface area contributed by atoms with E-state index in [9.17, 15) is 4.39 Å². The smallest absolute Gasteiger partial charge is 0.123 e. The van der Waals surface area contributed by atoms with Gasteiger partial charge in [0.25, 0.3) is 0 Å². The van der Waals surface area contributed by atoms with Gasteiger partial charge in [0.15, 0.2) is 0 Å². The summed E-state index contributed by atoms with van der Waals surface area (Å²) in [6.07, 6.45) is 6.80. The molecular formula is C17H25FN2. The number of nitrogens with zero attached hydrogens (tertiary/aromatic N) is 1.